The first kappa shape index (κ1) is 17.0. The number of nitrogens with zero attached hydrogens (tertiary/aromatic N) is 4. The predicted molar refractivity (Wildman–Crippen MR) is 97.6 cm³/mol. The molecule has 4 rings (SSSR count). The Morgan fingerprint density at radius 2 is 2.07 bits per heavy atom. The van der Waals surface area contributed by atoms with Gasteiger partial charge in [-0.15, -0.1) is 5.10 Å². The van der Waals surface area contributed by atoms with Gasteiger partial charge in [-0.1, -0.05) is 11.8 Å². The van der Waals surface area contributed by atoms with Crippen molar-refractivity contribution in [3.8, 4) is 11.4 Å². The summed E-state index contributed by atoms with van der Waals surface area (Å²) in [6, 6.07) is 12.1. The van der Waals surface area contributed by atoms with Crippen molar-refractivity contribution in [2.24, 2.45) is 0 Å². The van der Waals surface area contributed by atoms with Crippen LogP contribution in [0.5, 0.6) is 5.75 Å². The van der Waals surface area contributed by atoms with Crippen LogP contribution < -0.4 is 10.5 Å². The van der Waals surface area contributed by atoms with Gasteiger partial charge < -0.3 is 9.15 Å². The van der Waals surface area contributed by atoms with Gasteiger partial charge in [0.05, 0.1) is 24.1 Å². The standard InChI is InChI=1S/C17H13N5O4S/c1-25-12-5-3-11(4-6-12)22-16(19-20-21-22)27-9-14(23)10-2-7-13-15(8-10)26-17(24)18-13/h2-8H,9H2,1H3,(H,18,24). The average Bonchev–Trinajstić information content (AvgIpc) is 3.30. The van der Waals surface area contributed by atoms with Gasteiger partial charge in [-0.3, -0.25) is 9.78 Å². The first-order valence-corrected chi connectivity index (χ1v) is 8.84. The number of carbonyl (C=O) groups excluding carboxylic acids is 1. The molecule has 9 nitrogen and oxygen atoms in total. The lowest BCUT2D eigenvalue weighted by Gasteiger charge is -2.05. The van der Waals surface area contributed by atoms with Crippen molar-refractivity contribution in [1.29, 1.82) is 0 Å². The number of aromatic amines is 1. The maximum atomic E-state index is 12.5. The number of methoxy groups -OCH3 is 1. The van der Waals surface area contributed by atoms with Gasteiger partial charge in [0.15, 0.2) is 11.4 Å². The molecule has 0 atom stereocenters. The zero-order chi connectivity index (χ0) is 18.8. The van der Waals surface area contributed by atoms with Crippen molar-refractivity contribution in [3.05, 3.63) is 58.6 Å². The Kier molecular flexibility index (Phi) is 4.47. The number of Topliss-reactive ketones (excluding diaryl/α,β-unsaturated/α-hetero) is 1. The van der Waals surface area contributed by atoms with Crippen LogP contribution in [0, 0.1) is 0 Å². The van der Waals surface area contributed by atoms with Crippen LogP contribution in [0.4, 0.5) is 0 Å². The van der Waals surface area contributed by atoms with E-state index in [2.05, 4.69) is 20.5 Å². The minimum absolute atomic E-state index is 0.130. The van der Waals surface area contributed by atoms with Crippen LogP contribution in [0.1, 0.15) is 10.4 Å². The van der Waals surface area contributed by atoms with Crippen LogP contribution in [-0.4, -0.2) is 43.8 Å². The SMILES string of the molecule is COc1ccc(-n2nnnc2SCC(=O)c2ccc3[nH]c(=O)oc3c2)cc1. The van der Waals surface area contributed by atoms with E-state index in [-0.39, 0.29) is 11.5 Å². The number of carbonyl (C=O) groups is 1. The second-order valence-electron chi connectivity index (χ2n) is 5.51. The molecule has 2 aromatic heterocycles. The van der Waals surface area contributed by atoms with Gasteiger partial charge in [0.25, 0.3) is 0 Å². The highest BCUT2D eigenvalue weighted by Crippen LogP contribution is 2.22. The van der Waals surface area contributed by atoms with Gasteiger partial charge in [0.2, 0.25) is 5.16 Å². The van der Waals surface area contributed by atoms with Gasteiger partial charge in [-0.2, -0.15) is 4.68 Å². The lowest BCUT2D eigenvalue weighted by molar-refractivity contribution is 0.102. The summed E-state index contributed by atoms with van der Waals surface area (Å²) in [5, 5.41) is 12.1. The van der Waals surface area contributed by atoms with Crippen molar-refractivity contribution in [2.75, 3.05) is 12.9 Å². The number of rotatable bonds is 6. The maximum Gasteiger partial charge on any atom is 0.417 e. The average molecular weight is 383 g/mol. The number of ketones is 1. The highest BCUT2D eigenvalue weighted by molar-refractivity contribution is 7.99. The third-order valence-electron chi connectivity index (χ3n) is 3.83. The largest absolute Gasteiger partial charge is 0.497 e. The number of aromatic nitrogens is 5. The van der Waals surface area contributed by atoms with Gasteiger partial charge in [-0.25, -0.2) is 4.79 Å². The van der Waals surface area contributed by atoms with Crippen LogP contribution in [0.2, 0.25) is 0 Å². The normalized spacial score (nSPS) is 11.0. The number of tetrazole rings is 1. The molecule has 0 saturated carbocycles. The zero-order valence-electron chi connectivity index (χ0n) is 14.1. The lowest BCUT2D eigenvalue weighted by atomic mass is 10.1. The minimum atomic E-state index is -0.553. The molecule has 10 heteroatoms. The smallest absolute Gasteiger partial charge is 0.417 e. The molecule has 2 heterocycles. The molecule has 0 radical (unpaired) electrons. The van der Waals surface area contributed by atoms with Crippen LogP contribution in [0.25, 0.3) is 16.8 Å². The van der Waals surface area contributed by atoms with Crippen LogP contribution >= 0.6 is 11.8 Å². The maximum absolute atomic E-state index is 12.5. The lowest BCUT2D eigenvalue weighted by Crippen LogP contribution is -2.05. The number of hydrogen-bond donors (Lipinski definition) is 1. The van der Waals surface area contributed by atoms with E-state index in [1.807, 2.05) is 12.1 Å². The Hall–Kier alpha value is -3.40. The van der Waals surface area contributed by atoms with E-state index >= 15 is 0 Å². The van der Waals surface area contributed by atoms with Gasteiger partial charge in [0, 0.05) is 5.56 Å². The number of hydrogen-bond acceptors (Lipinski definition) is 8. The quantitative estimate of drug-likeness (QED) is 0.397. The number of H-pyrrole nitrogens is 1. The van der Waals surface area contributed by atoms with Crippen LogP contribution in [0.3, 0.4) is 0 Å². The summed E-state index contributed by atoms with van der Waals surface area (Å²) in [7, 11) is 1.59. The molecule has 0 unspecified atom stereocenters. The molecule has 0 aliphatic carbocycles. The molecular formula is C17H13N5O4S. The highest BCUT2D eigenvalue weighted by atomic mass is 32.2. The summed E-state index contributed by atoms with van der Waals surface area (Å²) < 4.78 is 11.7. The van der Waals surface area contributed by atoms with Crippen molar-refractivity contribution in [2.45, 2.75) is 5.16 Å². The molecular weight excluding hydrogens is 370 g/mol. The highest BCUT2D eigenvalue weighted by Gasteiger charge is 2.14. The molecule has 0 aliphatic rings. The number of ether oxygens (including phenoxy) is 1. The summed E-state index contributed by atoms with van der Waals surface area (Å²) >= 11 is 1.22. The molecule has 27 heavy (non-hydrogen) atoms. The number of benzene rings is 2. The number of nitrogens with one attached hydrogen (secondary N) is 1. The summed E-state index contributed by atoms with van der Waals surface area (Å²) in [4.78, 5) is 26.2. The third-order valence-corrected chi connectivity index (χ3v) is 4.75. The molecule has 0 saturated heterocycles. The number of oxazole rings is 1. The summed E-state index contributed by atoms with van der Waals surface area (Å²) in [6.07, 6.45) is 0. The zero-order valence-corrected chi connectivity index (χ0v) is 14.9. The predicted octanol–water partition coefficient (Wildman–Crippen LogP) is 2.08. The van der Waals surface area contributed by atoms with Crippen LogP contribution in [0.15, 0.2) is 56.8 Å². The number of thioether (sulfide) groups is 1. The molecule has 0 amide bonds. The minimum Gasteiger partial charge on any atom is -0.497 e. The van der Waals surface area contributed by atoms with Crippen molar-refractivity contribution >= 4 is 28.6 Å². The van der Waals surface area contributed by atoms with Gasteiger partial charge >= 0.3 is 5.76 Å². The first-order valence-electron chi connectivity index (χ1n) is 7.86. The molecule has 0 bridgehead atoms. The second kappa shape index (κ2) is 7.08. The van der Waals surface area contributed by atoms with E-state index in [9.17, 15) is 9.59 Å². The third kappa shape index (κ3) is 3.47. The van der Waals surface area contributed by atoms with E-state index in [4.69, 9.17) is 9.15 Å². The molecule has 0 aliphatic heterocycles. The fraction of sp³-hybridized carbons (Fsp3) is 0.118. The summed E-state index contributed by atoms with van der Waals surface area (Å²) in [5.41, 5.74) is 2.10. The van der Waals surface area contributed by atoms with Gasteiger partial charge in [-0.05, 0) is 52.9 Å². The number of fused-ring (bicyclic) bond motifs is 1. The van der Waals surface area contributed by atoms with E-state index < -0.39 is 5.76 Å². The Labute approximate surface area is 156 Å². The topological polar surface area (TPSA) is 116 Å². The van der Waals surface area contributed by atoms with E-state index in [0.29, 0.717) is 21.8 Å². The molecule has 136 valence electrons. The van der Waals surface area contributed by atoms with E-state index in [0.717, 1.165) is 11.4 Å². The fourth-order valence-corrected chi connectivity index (χ4v) is 3.27. The van der Waals surface area contributed by atoms with E-state index in [1.165, 1.54) is 11.8 Å². The second-order valence-corrected chi connectivity index (χ2v) is 6.45. The molecule has 0 spiro atoms. The Bertz CT molecular complexity index is 1160. The Morgan fingerprint density at radius 3 is 2.85 bits per heavy atom. The van der Waals surface area contributed by atoms with Crippen molar-refractivity contribution in [1.82, 2.24) is 25.2 Å². The van der Waals surface area contributed by atoms with Crippen LogP contribution in [-0.2, 0) is 0 Å². The summed E-state index contributed by atoms with van der Waals surface area (Å²) in [5.74, 6) is 0.178. The Balaban J connectivity index is 1.50. The van der Waals surface area contributed by atoms with Gasteiger partial charge in [0.1, 0.15) is 5.75 Å². The Morgan fingerprint density at radius 1 is 1.26 bits per heavy atom. The first-order chi connectivity index (χ1) is 13.1. The molecule has 4 aromatic rings. The molecule has 1 N–H and O–H groups in total. The summed E-state index contributed by atoms with van der Waals surface area (Å²) in [6.45, 7) is 0. The monoisotopic (exact) mass is 383 g/mol. The molecule has 0 fully saturated rings. The van der Waals surface area contributed by atoms with E-state index in [1.54, 1.807) is 42.1 Å². The van der Waals surface area contributed by atoms with Crippen molar-refractivity contribution in [3.63, 3.8) is 0 Å². The molecule has 2 aromatic carbocycles. The van der Waals surface area contributed by atoms with Crippen molar-refractivity contribution < 1.29 is 13.9 Å². The fourth-order valence-electron chi connectivity index (χ4n) is 2.49.